The number of carbonyl (C=O) groups excluding carboxylic acids is 2. The van der Waals surface area contributed by atoms with Crippen molar-refractivity contribution in [3.63, 3.8) is 0 Å². The second-order valence-electron chi connectivity index (χ2n) is 8.33. The number of rotatable bonds is 8. The summed E-state index contributed by atoms with van der Waals surface area (Å²) in [6.45, 7) is 4.82. The van der Waals surface area contributed by atoms with Crippen LogP contribution in [0.5, 0.6) is 0 Å². The summed E-state index contributed by atoms with van der Waals surface area (Å²) in [5.41, 5.74) is 3.21. The smallest absolute Gasteiger partial charge is 0.278 e. The van der Waals surface area contributed by atoms with E-state index in [-0.39, 0.29) is 17.5 Å². The van der Waals surface area contributed by atoms with Gasteiger partial charge in [0, 0.05) is 62.8 Å². The molecule has 0 spiro atoms. The van der Waals surface area contributed by atoms with E-state index in [0.29, 0.717) is 35.7 Å². The van der Waals surface area contributed by atoms with Crippen molar-refractivity contribution in [3.8, 4) is 0 Å². The number of likely N-dealkylation sites (N-methyl/N-ethyl adjacent to an activating group) is 1. The number of ether oxygens (including phenoxy) is 1. The number of amides is 2. The third kappa shape index (κ3) is 5.21. The van der Waals surface area contributed by atoms with Crippen molar-refractivity contribution in [2.45, 2.75) is 6.42 Å². The maximum atomic E-state index is 13.2. The maximum absolute atomic E-state index is 13.2. The average Bonchev–Trinajstić information content (AvgIpc) is 3.05. The minimum atomic E-state index is -0.329. The predicted octanol–water partition coefficient (Wildman–Crippen LogP) is 3.32. The molecule has 2 aliphatic heterocycles. The van der Waals surface area contributed by atoms with E-state index in [1.54, 1.807) is 31.4 Å². The minimum absolute atomic E-state index is 0.284. The fourth-order valence-electron chi connectivity index (χ4n) is 4.11. The molecule has 0 bridgehead atoms. The van der Waals surface area contributed by atoms with Crippen LogP contribution < -0.4 is 10.2 Å². The highest BCUT2D eigenvalue weighted by Gasteiger charge is 2.38. The van der Waals surface area contributed by atoms with Gasteiger partial charge in [-0.3, -0.25) is 14.5 Å². The van der Waals surface area contributed by atoms with E-state index >= 15 is 0 Å². The summed E-state index contributed by atoms with van der Waals surface area (Å²) in [6.07, 6.45) is 0.578. The molecule has 33 heavy (non-hydrogen) atoms. The summed E-state index contributed by atoms with van der Waals surface area (Å²) in [6, 6.07) is 15.0. The van der Waals surface area contributed by atoms with Crippen molar-refractivity contribution in [2.24, 2.45) is 0 Å². The Bertz CT molecular complexity index is 1030. The number of imide groups is 1. The van der Waals surface area contributed by atoms with Gasteiger partial charge in [-0.25, -0.2) is 0 Å². The first-order valence-electron chi connectivity index (χ1n) is 11.1. The summed E-state index contributed by atoms with van der Waals surface area (Å²) in [4.78, 5) is 32.4. The van der Waals surface area contributed by atoms with Crippen molar-refractivity contribution in [3.05, 3.63) is 64.8 Å². The number of nitrogens with zero attached hydrogens (tertiary/aromatic N) is 3. The number of piperazine rings is 1. The van der Waals surface area contributed by atoms with Crippen molar-refractivity contribution < 1.29 is 14.3 Å². The normalized spacial score (nSPS) is 17.3. The lowest BCUT2D eigenvalue weighted by Crippen LogP contribution is -2.44. The van der Waals surface area contributed by atoms with Crippen molar-refractivity contribution in [2.75, 3.05) is 63.7 Å². The van der Waals surface area contributed by atoms with Gasteiger partial charge >= 0.3 is 0 Å². The van der Waals surface area contributed by atoms with E-state index in [9.17, 15) is 9.59 Å². The highest BCUT2D eigenvalue weighted by molar-refractivity contribution is 6.36. The van der Waals surface area contributed by atoms with Gasteiger partial charge < -0.3 is 19.9 Å². The first-order chi connectivity index (χ1) is 16.0. The van der Waals surface area contributed by atoms with Crippen LogP contribution in [0, 0.1) is 0 Å². The van der Waals surface area contributed by atoms with Gasteiger partial charge in [0.05, 0.1) is 5.57 Å². The van der Waals surface area contributed by atoms with Crippen LogP contribution in [0.25, 0.3) is 5.57 Å². The van der Waals surface area contributed by atoms with E-state index in [2.05, 4.69) is 22.2 Å². The Morgan fingerprint density at radius 3 is 2.24 bits per heavy atom. The highest BCUT2D eigenvalue weighted by Crippen LogP contribution is 2.31. The van der Waals surface area contributed by atoms with Crippen LogP contribution in [-0.4, -0.2) is 75.1 Å². The Labute approximate surface area is 199 Å². The molecule has 2 aromatic rings. The van der Waals surface area contributed by atoms with E-state index in [1.165, 1.54) is 4.90 Å². The van der Waals surface area contributed by atoms with E-state index < -0.39 is 0 Å². The Morgan fingerprint density at radius 1 is 0.939 bits per heavy atom. The summed E-state index contributed by atoms with van der Waals surface area (Å²) >= 11 is 6.04. The van der Waals surface area contributed by atoms with Crippen molar-refractivity contribution in [1.29, 1.82) is 0 Å². The Morgan fingerprint density at radius 2 is 1.61 bits per heavy atom. The summed E-state index contributed by atoms with van der Waals surface area (Å²) in [5, 5.41) is 3.79. The van der Waals surface area contributed by atoms with E-state index in [0.717, 1.165) is 37.6 Å². The Kier molecular flexibility index (Phi) is 7.33. The van der Waals surface area contributed by atoms with Crippen LogP contribution in [0.2, 0.25) is 5.02 Å². The summed E-state index contributed by atoms with van der Waals surface area (Å²) in [7, 11) is 3.73. The van der Waals surface area contributed by atoms with Crippen LogP contribution in [0.4, 0.5) is 11.4 Å². The minimum Gasteiger partial charge on any atom is -0.385 e. The van der Waals surface area contributed by atoms with E-state index in [1.807, 2.05) is 24.3 Å². The van der Waals surface area contributed by atoms with Gasteiger partial charge in [0.25, 0.3) is 11.8 Å². The van der Waals surface area contributed by atoms with Crippen molar-refractivity contribution in [1.82, 2.24) is 9.80 Å². The van der Waals surface area contributed by atoms with Gasteiger partial charge in [-0.1, -0.05) is 23.7 Å². The quantitative estimate of drug-likeness (QED) is 0.473. The molecule has 0 atom stereocenters. The molecule has 1 fully saturated rings. The molecular formula is C25H29ClN4O3. The van der Waals surface area contributed by atoms with Gasteiger partial charge in [-0.2, -0.15) is 0 Å². The first-order valence-corrected chi connectivity index (χ1v) is 11.5. The van der Waals surface area contributed by atoms with Gasteiger partial charge in [0.2, 0.25) is 0 Å². The first kappa shape index (κ1) is 23.3. The SMILES string of the molecule is COCCCN1C(=O)C(Nc2ccc(N3CCN(C)CC3)cc2)=C(c2ccc(Cl)cc2)C1=O. The van der Waals surface area contributed by atoms with Crippen LogP contribution in [0.15, 0.2) is 54.2 Å². The zero-order valence-electron chi connectivity index (χ0n) is 19.0. The number of halogens is 1. The molecule has 2 aliphatic rings. The van der Waals surface area contributed by atoms with Gasteiger partial charge in [-0.15, -0.1) is 0 Å². The number of nitrogens with one attached hydrogen (secondary N) is 1. The third-order valence-corrected chi connectivity index (χ3v) is 6.29. The largest absolute Gasteiger partial charge is 0.385 e. The monoisotopic (exact) mass is 468 g/mol. The predicted molar refractivity (Wildman–Crippen MR) is 131 cm³/mol. The lowest BCUT2D eigenvalue weighted by atomic mass is 10.0. The molecule has 8 heteroatoms. The molecule has 1 N–H and O–H groups in total. The Hall–Kier alpha value is -2.87. The topological polar surface area (TPSA) is 65.1 Å². The fraction of sp³-hybridized carbons (Fsp3) is 0.360. The molecule has 0 aliphatic carbocycles. The van der Waals surface area contributed by atoms with Crippen LogP contribution >= 0.6 is 11.6 Å². The number of hydrogen-bond acceptors (Lipinski definition) is 6. The fourth-order valence-corrected chi connectivity index (χ4v) is 4.24. The number of benzene rings is 2. The Balaban J connectivity index is 1.58. The lowest BCUT2D eigenvalue weighted by Gasteiger charge is -2.34. The van der Waals surface area contributed by atoms with Gasteiger partial charge in [0.15, 0.2) is 0 Å². The molecule has 0 unspecified atom stereocenters. The zero-order chi connectivity index (χ0) is 23.4. The average molecular weight is 469 g/mol. The third-order valence-electron chi connectivity index (χ3n) is 6.04. The van der Waals surface area contributed by atoms with Crippen LogP contribution in [-0.2, 0) is 14.3 Å². The molecule has 2 amide bonds. The number of methoxy groups -OCH3 is 1. The number of anilines is 2. The van der Waals surface area contributed by atoms with Gasteiger partial charge in [0.1, 0.15) is 5.70 Å². The summed E-state index contributed by atoms with van der Waals surface area (Å²) < 4.78 is 5.09. The molecule has 4 rings (SSSR count). The molecule has 2 heterocycles. The van der Waals surface area contributed by atoms with E-state index in [4.69, 9.17) is 16.3 Å². The number of hydrogen-bond donors (Lipinski definition) is 1. The molecule has 0 radical (unpaired) electrons. The molecule has 1 saturated heterocycles. The summed E-state index contributed by atoms with van der Waals surface area (Å²) in [5.74, 6) is -0.640. The van der Waals surface area contributed by atoms with Crippen molar-refractivity contribution >= 4 is 40.4 Å². The standard InChI is InChI=1S/C25H29ClN4O3/c1-28-13-15-29(16-14-28)21-10-8-20(9-11-21)27-23-22(18-4-6-19(26)7-5-18)24(31)30(25(23)32)12-3-17-33-2/h4-11,27H,3,12-17H2,1-2H3. The molecular weight excluding hydrogens is 440 g/mol. The molecule has 174 valence electrons. The molecule has 0 saturated carbocycles. The second kappa shape index (κ2) is 10.4. The molecule has 2 aromatic carbocycles. The zero-order valence-corrected chi connectivity index (χ0v) is 19.8. The highest BCUT2D eigenvalue weighted by atomic mass is 35.5. The van der Waals surface area contributed by atoms with Gasteiger partial charge in [-0.05, 0) is 55.4 Å². The second-order valence-corrected chi connectivity index (χ2v) is 8.76. The molecule has 7 nitrogen and oxygen atoms in total. The lowest BCUT2D eigenvalue weighted by molar-refractivity contribution is -0.136. The number of carbonyl (C=O) groups is 2. The van der Waals surface area contributed by atoms with Crippen LogP contribution in [0.1, 0.15) is 12.0 Å². The molecule has 0 aromatic heterocycles. The van der Waals surface area contributed by atoms with Crippen LogP contribution in [0.3, 0.4) is 0 Å². The maximum Gasteiger partial charge on any atom is 0.278 e.